The fourth-order valence-electron chi connectivity index (χ4n) is 2.21. The summed E-state index contributed by atoms with van der Waals surface area (Å²) in [5, 5.41) is 0.354. The largest absolute Gasteiger partial charge is 0.343 e. The Morgan fingerprint density at radius 2 is 1.20 bits per heavy atom. The van der Waals surface area contributed by atoms with Gasteiger partial charge in [-0.2, -0.15) is 0 Å². The molecule has 8 heteroatoms. The van der Waals surface area contributed by atoms with Crippen molar-refractivity contribution in [2.75, 3.05) is 0 Å². The van der Waals surface area contributed by atoms with E-state index >= 15 is 0 Å². The zero-order valence-corrected chi connectivity index (χ0v) is 9.91. The van der Waals surface area contributed by atoms with E-state index < -0.39 is 11.1 Å². The van der Waals surface area contributed by atoms with Gasteiger partial charge in [0.1, 0.15) is 11.4 Å². The predicted molar refractivity (Wildman–Crippen MR) is 67.4 cm³/mol. The van der Waals surface area contributed by atoms with Crippen molar-refractivity contribution in [3.63, 3.8) is 0 Å². The quantitative estimate of drug-likeness (QED) is 0.508. The number of imidazole rings is 2. The Morgan fingerprint density at radius 1 is 0.750 bits per heavy atom. The van der Waals surface area contributed by atoms with E-state index in [1.165, 1.54) is 12.4 Å². The predicted octanol–water partition coefficient (Wildman–Crippen LogP) is -0.422. The molecule has 2 aliphatic heterocycles. The van der Waals surface area contributed by atoms with E-state index in [1.54, 1.807) is 12.4 Å². The lowest BCUT2D eigenvalue weighted by atomic mass is 10.2. The lowest BCUT2D eigenvalue weighted by Gasteiger charge is -1.87. The van der Waals surface area contributed by atoms with Crippen LogP contribution in [0.1, 0.15) is 0 Å². The maximum atomic E-state index is 12.1. The fourth-order valence-corrected chi connectivity index (χ4v) is 2.21. The van der Waals surface area contributed by atoms with Crippen molar-refractivity contribution in [2.24, 2.45) is 0 Å². The van der Waals surface area contributed by atoms with E-state index in [0.717, 1.165) is 0 Å². The third kappa shape index (κ3) is 1.30. The number of hydrogen-bond donors (Lipinski definition) is 2. The van der Waals surface area contributed by atoms with Crippen LogP contribution in [0.25, 0.3) is 23.0 Å². The molecule has 2 N–H and O–H groups in total. The van der Waals surface area contributed by atoms with Crippen molar-refractivity contribution in [2.45, 2.75) is 0 Å². The molecule has 0 aromatic carbocycles. The Morgan fingerprint density at radius 3 is 1.55 bits per heavy atom. The SMILES string of the molecule is O=c1nc(-c2ncc[nH]2)c2c(=O)nc(-c3ncc[nH]3)c1=2. The van der Waals surface area contributed by atoms with Crippen LogP contribution in [-0.2, 0) is 0 Å². The normalized spacial score (nSPS) is 11.4. The summed E-state index contributed by atoms with van der Waals surface area (Å²) in [6.07, 6.45) is 6.23. The highest BCUT2D eigenvalue weighted by Crippen LogP contribution is 2.17. The molecular weight excluding hydrogens is 260 g/mol. The van der Waals surface area contributed by atoms with Crippen molar-refractivity contribution in [1.82, 2.24) is 29.9 Å². The van der Waals surface area contributed by atoms with Crippen LogP contribution in [0.15, 0.2) is 34.4 Å². The zero-order chi connectivity index (χ0) is 13.7. The zero-order valence-electron chi connectivity index (χ0n) is 9.91. The molecule has 0 saturated carbocycles. The van der Waals surface area contributed by atoms with Gasteiger partial charge in [-0.05, 0) is 0 Å². The van der Waals surface area contributed by atoms with Gasteiger partial charge in [0, 0.05) is 24.8 Å². The van der Waals surface area contributed by atoms with E-state index in [9.17, 15) is 9.59 Å². The summed E-state index contributed by atoms with van der Waals surface area (Å²) in [7, 11) is 0. The monoisotopic (exact) mass is 266 g/mol. The Bertz CT molecular complexity index is 940. The molecule has 2 aromatic heterocycles. The van der Waals surface area contributed by atoms with Crippen LogP contribution in [0.3, 0.4) is 0 Å². The molecule has 0 saturated heterocycles. The number of rotatable bonds is 2. The first-order valence-electron chi connectivity index (χ1n) is 5.76. The second-order valence-corrected chi connectivity index (χ2v) is 4.16. The number of aromatic nitrogens is 6. The molecule has 0 spiro atoms. The van der Waals surface area contributed by atoms with Crippen molar-refractivity contribution < 1.29 is 0 Å². The third-order valence-corrected chi connectivity index (χ3v) is 3.02. The highest BCUT2D eigenvalue weighted by molar-refractivity contribution is 5.58. The molecule has 8 nitrogen and oxygen atoms in total. The summed E-state index contributed by atoms with van der Waals surface area (Å²) in [5.74, 6) is 0.736. The Labute approximate surface area is 109 Å². The molecule has 0 atom stereocenters. The van der Waals surface area contributed by atoms with Gasteiger partial charge in [0.25, 0.3) is 11.1 Å². The minimum atomic E-state index is -0.507. The highest BCUT2D eigenvalue weighted by atomic mass is 16.1. The van der Waals surface area contributed by atoms with Crippen LogP contribution in [-0.4, -0.2) is 29.9 Å². The maximum absolute atomic E-state index is 12.1. The van der Waals surface area contributed by atoms with Gasteiger partial charge in [-0.25, -0.2) is 19.9 Å². The number of nitrogens with zero attached hydrogens (tertiary/aromatic N) is 4. The first-order chi connectivity index (χ1) is 9.75. The van der Waals surface area contributed by atoms with E-state index in [1.807, 2.05) is 0 Å². The van der Waals surface area contributed by atoms with E-state index in [2.05, 4.69) is 29.9 Å². The number of nitrogens with one attached hydrogen (secondary N) is 2. The molecule has 4 heterocycles. The molecule has 0 amide bonds. The minimum Gasteiger partial charge on any atom is -0.343 e. The fraction of sp³-hybridized carbons (Fsp3) is 0. The van der Waals surface area contributed by atoms with Crippen molar-refractivity contribution in [1.29, 1.82) is 0 Å². The molecule has 0 radical (unpaired) electrons. The lowest BCUT2D eigenvalue weighted by Crippen LogP contribution is -2.05. The molecule has 0 bridgehead atoms. The van der Waals surface area contributed by atoms with Crippen LogP contribution in [0.5, 0.6) is 0 Å². The summed E-state index contributed by atoms with van der Waals surface area (Å²) in [6.45, 7) is 0. The van der Waals surface area contributed by atoms with Gasteiger partial charge in [-0.15, -0.1) is 0 Å². The summed E-state index contributed by atoms with van der Waals surface area (Å²) < 4.78 is 0. The average molecular weight is 266 g/mol. The lowest BCUT2D eigenvalue weighted by molar-refractivity contribution is 1.17. The van der Waals surface area contributed by atoms with Gasteiger partial charge in [0.2, 0.25) is 0 Å². The standard InChI is InChI=1S/C12H6N6O2/c19-11-5-6(8(18-11)10-15-3-4-16-10)12(20)17-7(5)9-13-1-2-14-9/h1-4H,(H,13,14)(H,15,16). The molecule has 2 aliphatic rings. The average Bonchev–Trinajstić information content (AvgIpc) is 3.17. The summed E-state index contributed by atoms with van der Waals surface area (Å²) in [5.41, 5.74) is -0.560. The van der Waals surface area contributed by atoms with Gasteiger partial charge >= 0.3 is 0 Å². The molecule has 0 unspecified atom stereocenters. The highest BCUT2D eigenvalue weighted by Gasteiger charge is 2.21. The van der Waals surface area contributed by atoms with E-state index in [4.69, 9.17) is 0 Å². The van der Waals surface area contributed by atoms with Crippen LogP contribution in [0.4, 0.5) is 0 Å². The van der Waals surface area contributed by atoms with Crippen LogP contribution in [0, 0.1) is 10.4 Å². The van der Waals surface area contributed by atoms with E-state index in [-0.39, 0.29) is 21.8 Å². The van der Waals surface area contributed by atoms with Crippen LogP contribution < -0.4 is 11.1 Å². The molecule has 0 aliphatic carbocycles. The number of H-pyrrole nitrogens is 2. The van der Waals surface area contributed by atoms with Gasteiger partial charge in [0.15, 0.2) is 11.6 Å². The first kappa shape index (κ1) is 10.7. The summed E-state index contributed by atoms with van der Waals surface area (Å²) >= 11 is 0. The van der Waals surface area contributed by atoms with Gasteiger partial charge in [0.05, 0.1) is 10.4 Å². The molecule has 2 aromatic rings. The number of aromatic amines is 2. The second-order valence-electron chi connectivity index (χ2n) is 4.16. The Balaban J connectivity index is 2.17. The minimum absolute atomic E-state index is 0.177. The topological polar surface area (TPSA) is 117 Å². The third-order valence-electron chi connectivity index (χ3n) is 3.02. The first-order valence-corrected chi connectivity index (χ1v) is 5.76. The Kier molecular flexibility index (Phi) is 1.97. The van der Waals surface area contributed by atoms with Crippen molar-refractivity contribution in [3.8, 4) is 23.0 Å². The van der Waals surface area contributed by atoms with Crippen molar-refractivity contribution >= 4 is 0 Å². The second kappa shape index (κ2) is 3.67. The van der Waals surface area contributed by atoms with Gasteiger partial charge in [-0.3, -0.25) is 9.59 Å². The maximum Gasteiger partial charge on any atom is 0.280 e. The van der Waals surface area contributed by atoms with Gasteiger partial charge in [-0.1, -0.05) is 0 Å². The van der Waals surface area contributed by atoms with Crippen LogP contribution >= 0.6 is 0 Å². The Hall–Kier alpha value is -3.16. The van der Waals surface area contributed by atoms with Crippen molar-refractivity contribution in [3.05, 3.63) is 55.9 Å². The smallest absolute Gasteiger partial charge is 0.280 e. The van der Waals surface area contributed by atoms with Crippen LogP contribution in [0.2, 0.25) is 0 Å². The number of hydrogen-bond acceptors (Lipinski definition) is 6. The summed E-state index contributed by atoms with van der Waals surface area (Å²) in [6, 6.07) is 0. The molecular formula is C12H6N6O2. The molecule has 96 valence electrons. The van der Waals surface area contributed by atoms with Gasteiger partial charge < -0.3 is 9.97 Å². The summed E-state index contributed by atoms with van der Waals surface area (Å²) in [4.78, 5) is 45.6. The van der Waals surface area contributed by atoms with E-state index in [0.29, 0.717) is 11.6 Å². The molecule has 0 fully saturated rings. The molecule has 20 heavy (non-hydrogen) atoms. The molecule has 4 rings (SSSR count).